The molecule has 8 nitrogen and oxygen atoms in total. The largest absolute Gasteiger partial charge is 0.497 e. The second-order valence-electron chi connectivity index (χ2n) is 7.65. The van der Waals surface area contributed by atoms with Crippen LogP contribution in [0.2, 0.25) is 0 Å². The van der Waals surface area contributed by atoms with Crippen molar-refractivity contribution in [3.05, 3.63) is 60.0 Å². The molecule has 1 saturated heterocycles. The molecule has 3 aromatic rings. The highest BCUT2D eigenvalue weighted by atomic mass is 16.5. The molecule has 0 bridgehead atoms. The van der Waals surface area contributed by atoms with Crippen LogP contribution in [0.4, 0.5) is 5.82 Å². The van der Waals surface area contributed by atoms with Crippen LogP contribution in [0.25, 0.3) is 11.1 Å². The van der Waals surface area contributed by atoms with Crippen molar-refractivity contribution in [2.45, 2.75) is 19.9 Å². The molecule has 0 aliphatic carbocycles. The fourth-order valence-electron chi connectivity index (χ4n) is 3.91. The van der Waals surface area contributed by atoms with Crippen molar-refractivity contribution in [2.24, 2.45) is 13.0 Å². The number of aryl methyl sites for hydroxylation is 2. The minimum atomic E-state index is -0.421. The number of ether oxygens (including phenoxy) is 1. The summed E-state index contributed by atoms with van der Waals surface area (Å²) >= 11 is 0. The SMILES string of the molecule is COc1ccc(-c2c(C)nn(C)c2NC(=O)C2CC(=O)N(Cc3ccccn3)C2)cc1. The lowest BCUT2D eigenvalue weighted by Crippen LogP contribution is -2.28. The summed E-state index contributed by atoms with van der Waals surface area (Å²) < 4.78 is 6.90. The molecule has 1 fully saturated rings. The smallest absolute Gasteiger partial charge is 0.230 e. The number of amides is 2. The van der Waals surface area contributed by atoms with Gasteiger partial charge in [0.1, 0.15) is 11.6 Å². The van der Waals surface area contributed by atoms with E-state index in [0.717, 1.165) is 28.3 Å². The first-order valence-electron chi connectivity index (χ1n) is 10.1. The van der Waals surface area contributed by atoms with E-state index in [2.05, 4.69) is 15.4 Å². The van der Waals surface area contributed by atoms with Crippen LogP contribution in [0.5, 0.6) is 5.75 Å². The van der Waals surface area contributed by atoms with Gasteiger partial charge in [-0.2, -0.15) is 5.10 Å². The van der Waals surface area contributed by atoms with Crippen molar-refractivity contribution in [2.75, 3.05) is 19.0 Å². The molecule has 2 amide bonds. The number of nitrogens with one attached hydrogen (secondary N) is 1. The van der Waals surface area contributed by atoms with Gasteiger partial charge < -0.3 is 15.0 Å². The lowest BCUT2D eigenvalue weighted by atomic mass is 10.0. The minimum Gasteiger partial charge on any atom is -0.497 e. The summed E-state index contributed by atoms with van der Waals surface area (Å²) in [5.74, 6) is 0.726. The van der Waals surface area contributed by atoms with Crippen LogP contribution in [-0.2, 0) is 23.2 Å². The van der Waals surface area contributed by atoms with Crippen LogP contribution in [0.1, 0.15) is 17.8 Å². The number of carbonyl (C=O) groups is 2. The third kappa shape index (κ3) is 4.28. The van der Waals surface area contributed by atoms with Crippen molar-refractivity contribution in [1.82, 2.24) is 19.7 Å². The van der Waals surface area contributed by atoms with Crippen LogP contribution in [-0.4, -0.2) is 45.1 Å². The van der Waals surface area contributed by atoms with Crippen molar-refractivity contribution in [3.63, 3.8) is 0 Å². The van der Waals surface area contributed by atoms with Gasteiger partial charge in [0.2, 0.25) is 11.8 Å². The molecular formula is C23H25N5O3. The van der Waals surface area contributed by atoms with Gasteiger partial charge in [0.05, 0.1) is 31.0 Å². The molecule has 3 heterocycles. The number of likely N-dealkylation sites (tertiary alicyclic amines) is 1. The molecule has 160 valence electrons. The number of hydrogen-bond donors (Lipinski definition) is 1. The van der Waals surface area contributed by atoms with Gasteiger partial charge in [0, 0.05) is 31.8 Å². The summed E-state index contributed by atoms with van der Waals surface area (Å²) in [4.78, 5) is 31.4. The van der Waals surface area contributed by atoms with Crippen molar-refractivity contribution < 1.29 is 14.3 Å². The maximum atomic E-state index is 13.0. The molecule has 1 N–H and O–H groups in total. The van der Waals surface area contributed by atoms with E-state index < -0.39 is 5.92 Å². The van der Waals surface area contributed by atoms with E-state index in [1.165, 1.54) is 0 Å². The van der Waals surface area contributed by atoms with Gasteiger partial charge in [-0.15, -0.1) is 0 Å². The zero-order valence-electron chi connectivity index (χ0n) is 17.8. The van der Waals surface area contributed by atoms with Gasteiger partial charge in [-0.1, -0.05) is 18.2 Å². The first-order valence-corrected chi connectivity index (χ1v) is 10.1. The average molecular weight is 419 g/mol. The van der Waals surface area contributed by atoms with E-state index in [0.29, 0.717) is 18.9 Å². The number of carbonyl (C=O) groups excluding carboxylic acids is 2. The van der Waals surface area contributed by atoms with E-state index in [-0.39, 0.29) is 18.2 Å². The fourth-order valence-corrected chi connectivity index (χ4v) is 3.91. The topological polar surface area (TPSA) is 89.3 Å². The summed E-state index contributed by atoms with van der Waals surface area (Å²) in [6.07, 6.45) is 1.89. The van der Waals surface area contributed by atoms with Crippen molar-refractivity contribution in [3.8, 4) is 16.9 Å². The number of benzene rings is 1. The number of hydrogen-bond acceptors (Lipinski definition) is 5. The van der Waals surface area contributed by atoms with E-state index in [4.69, 9.17) is 4.74 Å². The first-order chi connectivity index (χ1) is 15.0. The van der Waals surface area contributed by atoms with Crippen LogP contribution >= 0.6 is 0 Å². The van der Waals surface area contributed by atoms with E-state index >= 15 is 0 Å². The lowest BCUT2D eigenvalue weighted by molar-refractivity contribution is -0.128. The Bertz CT molecular complexity index is 1090. The first kappa shape index (κ1) is 20.6. The van der Waals surface area contributed by atoms with Crippen molar-refractivity contribution >= 4 is 17.6 Å². The molecule has 1 atom stereocenters. The Kier molecular flexibility index (Phi) is 5.70. The maximum Gasteiger partial charge on any atom is 0.230 e. The Hall–Kier alpha value is -3.68. The highest BCUT2D eigenvalue weighted by Crippen LogP contribution is 2.33. The summed E-state index contributed by atoms with van der Waals surface area (Å²) in [6.45, 7) is 2.68. The maximum absolute atomic E-state index is 13.0. The van der Waals surface area contributed by atoms with E-state index in [1.807, 2.05) is 49.4 Å². The third-order valence-corrected chi connectivity index (χ3v) is 5.51. The summed E-state index contributed by atoms with van der Waals surface area (Å²) in [7, 11) is 3.42. The second kappa shape index (κ2) is 8.59. The molecular weight excluding hydrogens is 394 g/mol. The highest BCUT2D eigenvalue weighted by molar-refractivity contribution is 5.99. The molecule has 2 aromatic heterocycles. The Morgan fingerprint density at radius 2 is 2.00 bits per heavy atom. The predicted molar refractivity (Wildman–Crippen MR) is 116 cm³/mol. The van der Waals surface area contributed by atoms with Gasteiger partial charge in [-0.25, -0.2) is 0 Å². The van der Waals surface area contributed by atoms with Gasteiger partial charge in [-0.3, -0.25) is 19.3 Å². The molecule has 0 spiro atoms. The van der Waals surface area contributed by atoms with Gasteiger partial charge >= 0.3 is 0 Å². The highest BCUT2D eigenvalue weighted by Gasteiger charge is 2.35. The fraction of sp³-hybridized carbons (Fsp3) is 0.304. The summed E-state index contributed by atoms with van der Waals surface area (Å²) in [5.41, 5.74) is 3.40. The molecule has 1 aromatic carbocycles. The average Bonchev–Trinajstić information content (AvgIpc) is 3.27. The normalized spacial score (nSPS) is 15.9. The number of aromatic nitrogens is 3. The molecule has 1 aliphatic rings. The zero-order valence-corrected chi connectivity index (χ0v) is 17.8. The molecule has 31 heavy (non-hydrogen) atoms. The minimum absolute atomic E-state index is 0.0395. The van der Waals surface area contributed by atoms with Gasteiger partial charge in [0.25, 0.3) is 0 Å². The van der Waals surface area contributed by atoms with Crippen molar-refractivity contribution in [1.29, 1.82) is 0 Å². The van der Waals surface area contributed by atoms with Crippen LogP contribution in [0.15, 0.2) is 48.7 Å². The van der Waals surface area contributed by atoms with Crippen LogP contribution in [0.3, 0.4) is 0 Å². The Morgan fingerprint density at radius 3 is 2.68 bits per heavy atom. The number of pyridine rings is 1. The quantitative estimate of drug-likeness (QED) is 0.664. The molecule has 8 heteroatoms. The monoisotopic (exact) mass is 419 g/mol. The van der Waals surface area contributed by atoms with Crippen LogP contribution < -0.4 is 10.1 Å². The van der Waals surface area contributed by atoms with Gasteiger partial charge in [0.15, 0.2) is 0 Å². The number of nitrogens with zero attached hydrogens (tertiary/aromatic N) is 4. The second-order valence-corrected chi connectivity index (χ2v) is 7.65. The van der Waals surface area contributed by atoms with E-state index in [1.54, 1.807) is 29.9 Å². The number of rotatable bonds is 6. The molecule has 0 saturated carbocycles. The number of anilines is 1. The standard InChI is InChI=1S/C23H25N5O3/c1-15-21(16-7-9-19(31-3)10-8-16)22(27(2)26-15)25-23(30)17-12-20(29)28(13-17)14-18-6-4-5-11-24-18/h4-11,17H,12-14H2,1-3H3,(H,25,30). The zero-order chi connectivity index (χ0) is 22.0. The predicted octanol–water partition coefficient (Wildman–Crippen LogP) is 2.79. The Morgan fingerprint density at radius 1 is 1.23 bits per heavy atom. The Labute approximate surface area is 180 Å². The lowest BCUT2D eigenvalue weighted by Gasteiger charge is -2.16. The molecule has 0 radical (unpaired) electrons. The van der Waals surface area contributed by atoms with Crippen LogP contribution in [0, 0.1) is 12.8 Å². The van der Waals surface area contributed by atoms with E-state index in [9.17, 15) is 9.59 Å². The summed E-state index contributed by atoms with van der Waals surface area (Å²) in [5, 5.41) is 7.49. The molecule has 1 aliphatic heterocycles. The third-order valence-electron chi connectivity index (χ3n) is 5.51. The summed E-state index contributed by atoms with van der Waals surface area (Å²) in [6, 6.07) is 13.2. The molecule has 4 rings (SSSR count). The number of methoxy groups -OCH3 is 1. The van der Waals surface area contributed by atoms with Gasteiger partial charge in [-0.05, 0) is 36.8 Å². The molecule has 1 unspecified atom stereocenters. The Balaban J connectivity index is 1.50.